The molecule has 0 saturated heterocycles. The van der Waals surface area contributed by atoms with Gasteiger partial charge in [-0.2, -0.15) is 10.1 Å². The largest absolute Gasteiger partial charge is 0.438 e. The summed E-state index contributed by atoms with van der Waals surface area (Å²) in [5.74, 6) is 0.890. The molecule has 37 heavy (non-hydrogen) atoms. The summed E-state index contributed by atoms with van der Waals surface area (Å²) in [4.78, 5) is 9.32. The molecule has 0 fully saturated rings. The molecular formula is C28H33N5O3S. The van der Waals surface area contributed by atoms with Crippen LogP contribution in [0.1, 0.15) is 57.2 Å². The molecule has 9 heteroatoms. The van der Waals surface area contributed by atoms with Crippen molar-refractivity contribution in [3.8, 4) is 22.9 Å². The second-order valence-electron chi connectivity index (χ2n) is 10.4. The number of benzene rings is 2. The van der Waals surface area contributed by atoms with Crippen LogP contribution in [-0.2, 0) is 22.5 Å². The van der Waals surface area contributed by atoms with E-state index in [-0.39, 0.29) is 22.2 Å². The Balaban J connectivity index is 1.93. The van der Waals surface area contributed by atoms with Gasteiger partial charge in [-0.1, -0.05) is 77.1 Å². The van der Waals surface area contributed by atoms with Crippen LogP contribution < -0.4 is 9.46 Å². The lowest BCUT2D eigenvalue weighted by Gasteiger charge is -2.24. The Labute approximate surface area is 218 Å². The van der Waals surface area contributed by atoms with Gasteiger partial charge in [-0.15, -0.1) is 0 Å². The summed E-state index contributed by atoms with van der Waals surface area (Å²) < 4.78 is 36.7. The molecule has 2 heterocycles. The Morgan fingerprint density at radius 1 is 1.00 bits per heavy atom. The number of nitrogens with zero attached hydrogens (tertiary/aromatic N) is 4. The molecule has 0 spiro atoms. The molecule has 0 amide bonds. The van der Waals surface area contributed by atoms with E-state index in [1.807, 2.05) is 69.3 Å². The zero-order chi connectivity index (χ0) is 27.0. The number of nitrogens with one attached hydrogen (secondary N) is 1. The summed E-state index contributed by atoms with van der Waals surface area (Å²) >= 11 is 0. The van der Waals surface area contributed by atoms with Crippen molar-refractivity contribution in [2.24, 2.45) is 7.05 Å². The van der Waals surface area contributed by atoms with Gasteiger partial charge in [-0.05, 0) is 29.9 Å². The van der Waals surface area contributed by atoms with Gasteiger partial charge in [-0.3, -0.25) is 4.68 Å². The number of hydrogen-bond acceptors (Lipinski definition) is 6. The van der Waals surface area contributed by atoms with E-state index >= 15 is 0 Å². The van der Waals surface area contributed by atoms with Crippen molar-refractivity contribution in [1.29, 1.82) is 0 Å². The van der Waals surface area contributed by atoms with Crippen molar-refractivity contribution < 1.29 is 13.2 Å². The van der Waals surface area contributed by atoms with E-state index < -0.39 is 10.0 Å². The fourth-order valence-corrected chi connectivity index (χ4v) is 5.06. The van der Waals surface area contributed by atoms with Crippen LogP contribution in [0.3, 0.4) is 0 Å². The maximum absolute atomic E-state index is 13.1. The lowest BCUT2D eigenvalue weighted by molar-refractivity contribution is 0.432. The van der Waals surface area contributed by atoms with Crippen LogP contribution in [0.25, 0.3) is 11.3 Å². The molecule has 8 nitrogen and oxygen atoms in total. The first-order valence-electron chi connectivity index (χ1n) is 12.1. The fraction of sp³-hybridized carbons (Fsp3) is 0.321. The molecular weight excluding hydrogens is 486 g/mol. The maximum Gasteiger partial charge on any atom is 0.267 e. The molecule has 0 atom stereocenters. The molecule has 0 saturated carbocycles. The lowest BCUT2D eigenvalue weighted by Crippen LogP contribution is -2.17. The number of para-hydroxylation sites is 1. The van der Waals surface area contributed by atoms with Crippen LogP contribution in [-0.4, -0.2) is 28.2 Å². The average Bonchev–Trinajstić information content (AvgIpc) is 3.25. The van der Waals surface area contributed by atoms with Crippen molar-refractivity contribution in [2.75, 3.05) is 4.72 Å². The van der Waals surface area contributed by atoms with Crippen molar-refractivity contribution >= 4 is 16.0 Å². The van der Waals surface area contributed by atoms with Crippen LogP contribution in [0.4, 0.5) is 5.95 Å². The van der Waals surface area contributed by atoms with Gasteiger partial charge in [0.1, 0.15) is 10.6 Å². The maximum atomic E-state index is 13.1. The number of anilines is 1. The Hall–Kier alpha value is -3.72. The summed E-state index contributed by atoms with van der Waals surface area (Å²) in [5.41, 5.74) is 4.14. The highest BCUT2D eigenvalue weighted by Crippen LogP contribution is 2.40. The Bertz CT molecular complexity index is 1540. The third kappa shape index (κ3) is 5.67. The molecule has 0 bridgehead atoms. The van der Waals surface area contributed by atoms with Crippen molar-refractivity contribution in [3.05, 3.63) is 77.6 Å². The number of aryl methyl sites for hydroxylation is 2. The van der Waals surface area contributed by atoms with Crippen molar-refractivity contribution in [1.82, 2.24) is 19.7 Å². The Morgan fingerprint density at radius 2 is 1.68 bits per heavy atom. The second kappa shape index (κ2) is 9.97. The lowest BCUT2D eigenvalue weighted by atomic mass is 9.86. The molecule has 1 N–H and O–H groups in total. The zero-order valence-corrected chi connectivity index (χ0v) is 23.1. The van der Waals surface area contributed by atoms with Gasteiger partial charge in [-0.25, -0.2) is 18.1 Å². The first-order chi connectivity index (χ1) is 17.4. The normalized spacial score (nSPS) is 12.1. The molecule has 2 aromatic carbocycles. The monoisotopic (exact) mass is 519 g/mol. The average molecular weight is 520 g/mol. The van der Waals surface area contributed by atoms with Crippen LogP contribution in [0.2, 0.25) is 0 Å². The van der Waals surface area contributed by atoms with E-state index in [2.05, 4.69) is 35.6 Å². The summed E-state index contributed by atoms with van der Waals surface area (Å²) in [6, 6.07) is 15.7. The van der Waals surface area contributed by atoms with E-state index in [9.17, 15) is 8.42 Å². The molecule has 0 aliphatic carbocycles. The van der Waals surface area contributed by atoms with Gasteiger partial charge in [0.25, 0.3) is 10.0 Å². The summed E-state index contributed by atoms with van der Waals surface area (Å²) in [6.07, 6.45) is 2.70. The third-order valence-electron chi connectivity index (χ3n) is 6.01. The zero-order valence-electron chi connectivity index (χ0n) is 22.3. The van der Waals surface area contributed by atoms with E-state index in [0.717, 1.165) is 22.3 Å². The van der Waals surface area contributed by atoms with Gasteiger partial charge in [0.15, 0.2) is 0 Å². The highest BCUT2D eigenvalue weighted by atomic mass is 32.2. The molecule has 194 valence electrons. The highest BCUT2D eigenvalue weighted by Gasteiger charge is 2.26. The quantitative estimate of drug-likeness (QED) is 0.312. The highest BCUT2D eigenvalue weighted by molar-refractivity contribution is 7.92. The first-order valence-corrected chi connectivity index (χ1v) is 13.6. The van der Waals surface area contributed by atoms with Gasteiger partial charge in [0.2, 0.25) is 11.8 Å². The minimum atomic E-state index is -3.97. The van der Waals surface area contributed by atoms with Gasteiger partial charge in [0, 0.05) is 29.9 Å². The predicted molar refractivity (Wildman–Crippen MR) is 146 cm³/mol. The summed E-state index contributed by atoms with van der Waals surface area (Å²) in [5, 5.41) is 3.98. The molecule has 0 aliphatic heterocycles. The summed E-state index contributed by atoms with van der Waals surface area (Å²) in [6.45, 7) is 12.4. The van der Waals surface area contributed by atoms with Gasteiger partial charge >= 0.3 is 0 Å². The Morgan fingerprint density at radius 3 is 2.30 bits per heavy atom. The van der Waals surface area contributed by atoms with E-state index in [4.69, 9.17) is 9.72 Å². The predicted octanol–water partition coefficient (Wildman–Crippen LogP) is 6.20. The van der Waals surface area contributed by atoms with Crippen LogP contribution in [0, 0.1) is 6.92 Å². The van der Waals surface area contributed by atoms with Crippen LogP contribution in [0.5, 0.6) is 11.6 Å². The second-order valence-corrected chi connectivity index (χ2v) is 12.1. The number of sulfonamides is 1. The van der Waals surface area contributed by atoms with E-state index in [1.54, 1.807) is 7.05 Å². The third-order valence-corrected chi connectivity index (χ3v) is 7.29. The number of hydrogen-bond donors (Lipinski definition) is 1. The molecule has 4 rings (SSSR count). The SMILES string of the molecule is Cc1ccccc1-c1nc(NS(=O)(=O)c2cnn(C)c2)nc(Oc2ccccc2C(C)(C)C)c1C(C)C. The molecule has 0 unspecified atom stereocenters. The minimum absolute atomic E-state index is 0.00427. The first kappa shape index (κ1) is 26.3. The molecule has 0 aliphatic rings. The van der Waals surface area contributed by atoms with Crippen LogP contribution in [0.15, 0.2) is 65.8 Å². The number of aromatic nitrogens is 4. The number of rotatable bonds is 7. The number of ether oxygens (including phenoxy) is 1. The van der Waals surface area contributed by atoms with E-state index in [1.165, 1.54) is 17.1 Å². The molecule has 4 aromatic rings. The standard InChI is InChI=1S/C28H33N5O3S/c1-18(2)24-25(21-13-9-8-12-19(21)3)30-27(32-37(34,35)20-16-29-33(7)17-20)31-26(24)36-23-15-11-10-14-22(23)28(4,5)6/h8-18H,1-7H3,(H,30,31,32). The van der Waals surface area contributed by atoms with Gasteiger partial charge in [0.05, 0.1) is 11.9 Å². The van der Waals surface area contributed by atoms with Gasteiger partial charge < -0.3 is 4.74 Å². The summed E-state index contributed by atoms with van der Waals surface area (Å²) in [7, 11) is -2.31. The molecule has 2 aromatic heterocycles. The van der Waals surface area contributed by atoms with Crippen LogP contribution >= 0.6 is 0 Å². The topological polar surface area (TPSA) is 99.0 Å². The molecule has 0 radical (unpaired) electrons. The fourth-order valence-electron chi connectivity index (χ4n) is 4.13. The smallest absolute Gasteiger partial charge is 0.267 e. The van der Waals surface area contributed by atoms with Crippen molar-refractivity contribution in [2.45, 2.75) is 57.8 Å². The Kier molecular flexibility index (Phi) is 7.10. The van der Waals surface area contributed by atoms with Crippen molar-refractivity contribution in [3.63, 3.8) is 0 Å². The van der Waals surface area contributed by atoms with E-state index in [0.29, 0.717) is 17.3 Å². The minimum Gasteiger partial charge on any atom is -0.438 e.